The number of carbonyl (C=O) groups is 1. The summed E-state index contributed by atoms with van der Waals surface area (Å²) in [6, 6.07) is 3.72. The Labute approximate surface area is 101 Å². The van der Waals surface area contributed by atoms with Crippen molar-refractivity contribution in [2.24, 2.45) is 11.8 Å². The van der Waals surface area contributed by atoms with Crippen LogP contribution in [-0.4, -0.2) is 28.9 Å². The van der Waals surface area contributed by atoms with E-state index in [1.165, 1.54) is 12.8 Å². The molecule has 1 amide bonds. The van der Waals surface area contributed by atoms with E-state index < -0.39 is 0 Å². The number of anilines is 1. The van der Waals surface area contributed by atoms with Crippen LogP contribution in [0.4, 0.5) is 5.69 Å². The first-order valence-electron chi connectivity index (χ1n) is 5.83. The van der Waals surface area contributed by atoms with Crippen molar-refractivity contribution in [2.75, 3.05) is 12.5 Å². The number of pyridine rings is 1. The minimum atomic E-state index is -0.0343. The molecule has 1 aliphatic carbocycles. The first-order valence-corrected chi connectivity index (χ1v) is 5.83. The Morgan fingerprint density at radius 2 is 2.29 bits per heavy atom. The third kappa shape index (κ3) is 2.55. The summed E-state index contributed by atoms with van der Waals surface area (Å²) in [7, 11) is 1.84. The van der Waals surface area contributed by atoms with Gasteiger partial charge < -0.3 is 10.3 Å². The molecular weight excluding hydrogens is 216 g/mol. The molecule has 5 heteroatoms. The van der Waals surface area contributed by atoms with Gasteiger partial charge in [0.25, 0.3) is 5.91 Å². The maximum atomic E-state index is 12.1. The molecule has 1 fully saturated rings. The van der Waals surface area contributed by atoms with E-state index in [1.807, 2.05) is 7.05 Å². The fourth-order valence-corrected chi connectivity index (χ4v) is 1.87. The summed E-state index contributed by atoms with van der Waals surface area (Å²) >= 11 is 0. The van der Waals surface area contributed by atoms with Gasteiger partial charge in [-0.25, -0.2) is 4.98 Å². The molecule has 1 atom stereocenters. The predicted octanol–water partition coefficient (Wildman–Crippen LogP) is 1.24. The Kier molecular flexibility index (Phi) is 3.28. The Morgan fingerprint density at radius 3 is 2.76 bits per heavy atom. The van der Waals surface area contributed by atoms with E-state index in [0.717, 1.165) is 0 Å². The molecule has 92 valence electrons. The van der Waals surface area contributed by atoms with Gasteiger partial charge in [-0.2, -0.15) is 0 Å². The largest absolute Gasteiger partial charge is 0.337 e. The van der Waals surface area contributed by atoms with Crippen LogP contribution in [0, 0.1) is 5.92 Å². The van der Waals surface area contributed by atoms with E-state index in [9.17, 15) is 4.79 Å². The summed E-state index contributed by atoms with van der Waals surface area (Å²) in [5, 5.41) is 0. The number of nitrogens with one attached hydrogen (secondary N) is 1. The second kappa shape index (κ2) is 4.71. The normalized spacial score (nSPS) is 16.4. The second-order valence-corrected chi connectivity index (χ2v) is 4.57. The zero-order valence-electron chi connectivity index (χ0n) is 10.2. The number of hydrogen-bond donors (Lipinski definition) is 2. The highest BCUT2D eigenvalue weighted by Crippen LogP contribution is 2.34. The van der Waals surface area contributed by atoms with Crippen LogP contribution in [-0.2, 0) is 0 Å². The van der Waals surface area contributed by atoms with Gasteiger partial charge in [-0.1, -0.05) is 0 Å². The zero-order chi connectivity index (χ0) is 12.4. The molecule has 0 spiro atoms. The van der Waals surface area contributed by atoms with Crippen molar-refractivity contribution in [3.63, 3.8) is 0 Å². The van der Waals surface area contributed by atoms with E-state index in [4.69, 9.17) is 5.84 Å². The molecule has 2 rings (SSSR count). The van der Waals surface area contributed by atoms with Crippen LogP contribution in [0.15, 0.2) is 18.3 Å². The molecule has 0 saturated heterocycles. The molecule has 1 aromatic rings. The lowest BCUT2D eigenvalue weighted by Gasteiger charge is -2.24. The molecule has 1 aliphatic rings. The maximum absolute atomic E-state index is 12.1. The fraction of sp³-hybridized carbons (Fsp3) is 0.500. The Morgan fingerprint density at radius 1 is 1.59 bits per heavy atom. The Bertz CT molecular complexity index is 399. The van der Waals surface area contributed by atoms with Crippen LogP contribution < -0.4 is 11.3 Å². The van der Waals surface area contributed by atoms with Gasteiger partial charge in [-0.3, -0.25) is 10.6 Å². The summed E-state index contributed by atoms with van der Waals surface area (Å²) in [6.45, 7) is 2.09. The van der Waals surface area contributed by atoms with Crippen molar-refractivity contribution in [3.8, 4) is 0 Å². The molecule has 1 saturated carbocycles. The third-order valence-electron chi connectivity index (χ3n) is 3.38. The number of hydrogen-bond acceptors (Lipinski definition) is 4. The van der Waals surface area contributed by atoms with Crippen LogP contribution >= 0.6 is 0 Å². The number of rotatable bonds is 4. The van der Waals surface area contributed by atoms with Crippen molar-refractivity contribution >= 4 is 11.6 Å². The van der Waals surface area contributed by atoms with Gasteiger partial charge in [0.15, 0.2) is 0 Å². The van der Waals surface area contributed by atoms with Gasteiger partial charge in [0.1, 0.15) is 5.69 Å². The number of nitrogens with two attached hydrogens (primary N) is 1. The molecule has 0 aliphatic heterocycles. The average Bonchev–Trinajstić information content (AvgIpc) is 3.20. The van der Waals surface area contributed by atoms with E-state index in [2.05, 4.69) is 17.3 Å². The standard InChI is InChI=1S/C12H18N4O/c1-8(9-3-4-9)16(2)12(17)11-6-5-10(15-13)7-14-11/h5-9,15H,3-4,13H2,1-2H3. The Hall–Kier alpha value is -1.62. The highest BCUT2D eigenvalue weighted by Gasteiger charge is 2.32. The van der Waals surface area contributed by atoms with Crippen molar-refractivity contribution in [3.05, 3.63) is 24.0 Å². The first kappa shape index (κ1) is 11.9. The van der Waals surface area contributed by atoms with Crippen molar-refractivity contribution < 1.29 is 4.79 Å². The van der Waals surface area contributed by atoms with Gasteiger partial charge in [-0.15, -0.1) is 0 Å². The van der Waals surface area contributed by atoms with E-state index in [1.54, 1.807) is 23.2 Å². The van der Waals surface area contributed by atoms with Crippen molar-refractivity contribution in [1.29, 1.82) is 0 Å². The zero-order valence-corrected chi connectivity index (χ0v) is 10.2. The Balaban J connectivity index is 2.06. The number of aromatic nitrogens is 1. The highest BCUT2D eigenvalue weighted by atomic mass is 16.2. The van der Waals surface area contributed by atoms with Crippen LogP contribution in [0.3, 0.4) is 0 Å². The molecule has 0 radical (unpaired) electrons. The monoisotopic (exact) mass is 234 g/mol. The molecule has 0 aromatic carbocycles. The van der Waals surface area contributed by atoms with Crippen molar-refractivity contribution in [2.45, 2.75) is 25.8 Å². The van der Waals surface area contributed by atoms with E-state index >= 15 is 0 Å². The third-order valence-corrected chi connectivity index (χ3v) is 3.38. The average molecular weight is 234 g/mol. The summed E-state index contributed by atoms with van der Waals surface area (Å²) in [4.78, 5) is 18.0. The van der Waals surface area contributed by atoms with Crippen molar-refractivity contribution in [1.82, 2.24) is 9.88 Å². The SMILES string of the molecule is CC(C1CC1)N(C)C(=O)c1ccc(NN)cn1. The summed E-state index contributed by atoms with van der Waals surface area (Å²) in [5.74, 6) is 5.87. The molecule has 5 nitrogen and oxygen atoms in total. The minimum Gasteiger partial charge on any atom is -0.337 e. The number of carbonyl (C=O) groups excluding carboxylic acids is 1. The van der Waals surface area contributed by atoms with Gasteiger partial charge in [0.2, 0.25) is 0 Å². The lowest BCUT2D eigenvalue weighted by molar-refractivity contribution is 0.0721. The first-order chi connectivity index (χ1) is 8.13. The number of nitrogens with zero attached hydrogens (tertiary/aromatic N) is 2. The van der Waals surface area contributed by atoms with Gasteiger partial charge in [-0.05, 0) is 37.8 Å². The summed E-state index contributed by atoms with van der Waals surface area (Å²) < 4.78 is 0. The predicted molar refractivity (Wildman–Crippen MR) is 66.3 cm³/mol. The maximum Gasteiger partial charge on any atom is 0.272 e. The quantitative estimate of drug-likeness (QED) is 0.607. The molecule has 0 bridgehead atoms. The topological polar surface area (TPSA) is 71.2 Å². The van der Waals surface area contributed by atoms with Gasteiger partial charge >= 0.3 is 0 Å². The molecular formula is C12H18N4O. The van der Waals surface area contributed by atoms with Crippen LogP contribution in [0.2, 0.25) is 0 Å². The van der Waals surface area contributed by atoms with Gasteiger partial charge in [0, 0.05) is 13.1 Å². The highest BCUT2D eigenvalue weighted by molar-refractivity contribution is 5.92. The lowest BCUT2D eigenvalue weighted by atomic mass is 10.2. The number of hydrazine groups is 1. The number of nitrogen functional groups attached to an aromatic ring is 1. The molecule has 3 N–H and O–H groups in total. The van der Waals surface area contributed by atoms with Crippen LogP contribution in [0.25, 0.3) is 0 Å². The summed E-state index contributed by atoms with van der Waals surface area (Å²) in [5.41, 5.74) is 3.64. The van der Waals surface area contributed by atoms with E-state index in [0.29, 0.717) is 17.3 Å². The second-order valence-electron chi connectivity index (χ2n) is 4.57. The lowest BCUT2D eigenvalue weighted by Crippen LogP contribution is -2.36. The van der Waals surface area contributed by atoms with Gasteiger partial charge in [0.05, 0.1) is 11.9 Å². The molecule has 1 aromatic heterocycles. The smallest absolute Gasteiger partial charge is 0.272 e. The van der Waals surface area contributed by atoms with Crippen LogP contribution in [0.5, 0.6) is 0 Å². The van der Waals surface area contributed by atoms with Crippen LogP contribution in [0.1, 0.15) is 30.3 Å². The molecule has 1 unspecified atom stereocenters. The number of amides is 1. The minimum absolute atomic E-state index is 0.0343. The summed E-state index contributed by atoms with van der Waals surface area (Å²) in [6.07, 6.45) is 4.01. The molecule has 17 heavy (non-hydrogen) atoms. The van der Waals surface area contributed by atoms with E-state index in [-0.39, 0.29) is 11.9 Å². The molecule has 1 heterocycles. The fourth-order valence-electron chi connectivity index (χ4n) is 1.87.